The van der Waals surface area contributed by atoms with Crippen LogP contribution >= 0.6 is 0 Å². The first kappa shape index (κ1) is 21.5. The summed E-state index contributed by atoms with van der Waals surface area (Å²) in [6.07, 6.45) is 0. The summed E-state index contributed by atoms with van der Waals surface area (Å²) in [5.41, 5.74) is 0.548. The van der Waals surface area contributed by atoms with Crippen LogP contribution in [0.1, 0.15) is 0 Å². The molecule has 1 amide bonds. The van der Waals surface area contributed by atoms with Crippen molar-refractivity contribution in [3.63, 3.8) is 0 Å². The maximum atomic E-state index is 12.9. The standard InChI is InChI=1S/C25H22N2O4S/c1-27(32(29,30)24-16-11-19-7-5-6-8-20(19)17-24)18-25(28)26-21-12-14-23(15-13-21)31-22-9-3-2-4-10-22/h2-17H,18H2,1H3,(H,26,28). The van der Waals surface area contributed by atoms with Gasteiger partial charge in [0.05, 0.1) is 11.4 Å². The largest absolute Gasteiger partial charge is 0.457 e. The molecule has 7 heteroatoms. The zero-order chi connectivity index (χ0) is 22.6. The maximum absolute atomic E-state index is 12.9. The van der Waals surface area contributed by atoms with Crippen LogP contribution in [-0.4, -0.2) is 32.2 Å². The first-order valence-electron chi connectivity index (χ1n) is 10.00. The van der Waals surface area contributed by atoms with Gasteiger partial charge in [0.1, 0.15) is 11.5 Å². The van der Waals surface area contributed by atoms with Crippen LogP contribution in [0.15, 0.2) is 102 Å². The fraction of sp³-hybridized carbons (Fsp3) is 0.0800. The van der Waals surface area contributed by atoms with E-state index in [1.54, 1.807) is 42.5 Å². The summed E-state index contributed by atoms with van der Waals surface area (Å²) >= 11 is 0. The Morgan fingerprint density at radius 3 is 2.16 bits per heavy atom. The monoisotopic (exact) mass is 446 g/mol. The van der Waals surface area contributed by atoms with Gasteiger partial charge in [0, 0.05) is 12.7 Å². The smallest absolute Gasteiger partial charge is 0.243 e. The fourth-order valence-electron chi connectivity index (χ4n) is 3.23. The van der Waals surface area contributed by atoms with Gasteiger partial charge >= 0.3 is 0 Å². The molecule has 0 unspecified atom stereocenters. The third-order valence-corrected chi connectivity index (χ3v) is 6.71. The minimum Gasteiger partial charge on any atom is -0.457 e. The van der Waals surface area contributed by atoms with Crippen molar-refractivity contribution < 1.29 is 17.9 Å². The third-order valence-electron chi connectivity index (χ3n) is 4.91. The minimum atomic E-state index is -3.81. The predicted molar refractivity (Wildman–Crippen MR) is 125 cm³/mol. The topological polar surface area (TPSA) is 75.7 Å². The molecule has 0 bridgehead atoms. The van der Waals surface area contributed by atoms with Crippen molar-refractivity contribution in [2.45, 2.75) is 4.90 Å². The lowest BCUT2D eigenvalue weighted by Crippen LogP contribution is -2.34. The van der Waals surface area contributed by atoms with Gasteiger partial charge < -0.3 is 10.1 Å². The number of nitrogens with one attached hydrogen (secondary N) is 1. The van der Waals surface area contributed by atoms with Gasteiger partial charge in [0.2, 0.25) is 15.9 Å². The number of sulfonamides is 1. The molecule has 0 atom stereocenters. The van der Waals surface area contributed by atoms with Gasteiger partial charge in [0.25, 0.3) is 0 Å². The molecular formula is C25H22N2O4S. The molecule has 32 heavy (non-hydrogen) atoms. The lowest BCUT2D eigenvalue weighted by Gasteiger charge is -2.17. The Bertz CT molecular complexity index is 1340. The van der Waals surface area contributed by atoms with Crippen LogP contribution < -0.4 is 10.1 Å². The van der Waals surface area contributed by atoms with Gasteiger partial charge in [-0.3, -0.25) is 4.79 Å². The molecule has 0 heterocycles. The number of amides is 1. The van der Waals surface area contributed by atoms with E-state index in [0.717, 1.165) is 15.1 Å². The fourth-order valence-corrected chi connectivity index (χ4v) is 4.39. The number of hydrogen-bond acceptors (Lipinski definition) is 4. The number of anilines is 1. The van der Waals surface area contributed by atoms with E-state index in [0.29, 0.717) is 17.2 Å². The number of benzene rings is 4. The van der Waals surface area contributed by atoms with Crippen molar-refractivity contribution >= 4 is 32.4 Å². The summed E-state index contributed by atoms with van der Waals surface area (Å²) in [5, 5.41) is 4.49. The van der Waals surface area contributed by atoms with E-state index in [4.69, 9.17) is 4.74 Å². The number of hydrogen-bond donors (Lipinski definition) is 1. The SMILES string of the molecule is CN(CC(=O)Nc1ccc(Oc2ccccc2)cc1)S(=O)(=O)c1ccc2ccccc2c1. The second-order valence-corrected chi connectivity index (χ2v) is 9.30. The molecule has 6 nitrogen and oxygen atoms in total. The van der Waals surface area contributed by atoms with Crippen molar-refractivity contribution in [3.05, 3.63) is 97.1 Å². The number of carbonyl (C=O) groups excluding carboxylic acids is 1. The molecule has 0 aliphatic carbocycles. The molecule has 4 aromatic carbocycles. The van der Waals surface area contributed by atoms with E-state index in [9.17, 15) is 13.2 Å². The molecule has 0 aromatic heterocycles. The summed E-state index contributed by atoms with van der Waals surface area (Å²) in [5.74, 6) is 0.906. The van der Waals surface area contributed by atoms with Crippen molar-refractivity contribution in [3.8, 4) is 11.5 Å². The normalized spacial score (nSPS) is 11.4. The lowest BCUT2D eigenvalue weighted by atomic mass is 10.1. The molecule has 1 N–H and O–H groups in total. The average molecular weight is 447 g/mol. The Morgan fingerprint density at radius 1 is 0.812 bits per heavy atom. The molecule has 0 saturated carbocycles. The molecular weight excluding hydrogens is 424 g/mol. The minimum absolute atomic E-state index is 0.147. The van der Waals surface area contributed by atoms with Crippen molar-refractivity contribution in [1.29, 1.82) is 0 Å². The predicted octanol–water partition coefficient (Wildman–Crippen LogP) is 4.89. The van der Waals surface area contributed by atoms with Crippen LogP contribution in [0, 0.1) is 0 Å². The van der Waals surface area contributed by atoms with E-state index in [1.807, 2.05) is 54.6 Å². The van der Waals surface area contributed by atoms with Crippen LogP contribution in [0.4, 0.5) is 5.69 Å². The van der Waals surface area contributed by atoms with Gasteiger partial charge in [-0.1, -0.05) is 48.5 Å². The third kappa shape index (κ3) is 4.96. The highest BCUT2D eigenvalue weighted by Gasteiger charge is 2.23. The van der Waals surface area contributed by atoms with Gasteiger partial charge in [0.15, 0.2) is 0 Å². The van der Waals surface area contributed by atoms with Gasteiger partial charge in [-0.15, -0.1) is 0 Å². The molecule has 0 saturated heterocycles. The van der Waals surface area contributed by atoms with Crippen molar-refractivity contribution in [2.75, 3.05) is 18.9 Å². The highest BCUT2D eigenvalue weighted by molar-refractivity contribution is 7.89. The van der Waals surface area contributed by atoms with Crippen LogP contribution in [-0.2, 0) is 14.8 Å². The van der Waals surface area contributed by atoms with E-state index >= 15 is 0 Å². The van der Waals surface area contributed by atoms with Gasteiger partial charge in [-0.05, 0) is 59.3 Å². The molecule has 0 spiro atoms. The second-order valence-electron chi connectivity index (χ2n) is 7.26. The van der Waals surface area contributed by atoms with E-state index in [2.05, 4.69) is 5.32 Å². The van der Waals surface area contributed by atoms with E-state index in [1.165, 1.54) is 7.05 Å². The molecule has 4 aromatic rings. The van der Waals surface area contributed by atoms with E-state index in [-0.39, 0.29) is 11.4 Å². The van der Waals surface area contributed by atoms with Crippen LogP contribution in [0.3, 0.4) is 0 Å². The average Bonchev–Trinajstić information content (AvgIpc) is 2.80. The Kier molecular flexibility index (Phi) is 6.20. The summed E-state index contributed by atoms with van der Waals surface area (Å²) < 4.78 is 32.6. The van der Waals surface area contributed by atoms with Crippen molar-refractivity contribution in [2.24, 2.45) is 0 Å². The number of likely N-dealkylation sites (N-methyl/N-ethyl adjacent to an activating group) is 1. The summed E-state index contributed by atoms with van der Waals surface area (Å²) in [6.45, 7) is -0.308. The summed E-state index contributed by atoms with van der Waals surface area (Å²) in [4.78, 5) is 12.6. The maximum Gasteiger partial charge on any atom is 0.243 e. The lowest BCUT2D eigenvalue weighted by molar-refractivity contribution is -0.116. The van der Waals surface area contributed by atoms with E-state index < -0.39 is 15.9 Å². The zero-order valence-corrected chi connectivity index (χ0v) is 18.2. The number of fused-ring (bicyclic) bond motifs is 1. The number of rotatable bonds is 7. The second kappa shape index (κ2) is 9.21. The Balaban J connectivity index is 1.39. The molecule has 0 aliphatic heterocycles. The Hall–Kier alpha value is -3.68. The number of ether oxygens (including phenoxy) is 1. The Morgan fingerprint density at radius 2 is 1.44 bits per heavy atom. The Labute approximate surface area is 187 Å². The molecule has 162 valence electrons. The van der Waals surface area contributed by atoms with Crippen molar-refractivity contribution in [1.82, 2.24) is 4.31 Å². The molecule has 0 fully saturated rings. The van der Waals surface area contributed by atoms with Crippen LogP contribution in [0.5, 0.6) is 11.5 Å². The number of nitrogens with zero attached hydrogens (tertiary/aromatic N) is 1. The van der Waals surface area contributed by atoms with Crippen LogP contribution in [0.25, 0.3) is 10.8 Å². The number of carbonyl (C=O) groups is 1. The van der Waals surface area contributed by atoms with Crippen LogP contribution in [0.2, 0.25) is 0 Å². The molecule has 0 aliphatic rings. The first-order valence-corrected chi connectivity index (χ1v) is 11.4. The molecule has 0 radical (unpaired) electrons. The summed E-state index contributed by atoms with van der Waals surface area (Å²) in [6, 6.07) is 28.7. The number of para-hydroxylation sites is 1. The first-order chi connectivity index (χ1) is 15.4. The van der Waals surface area contributed by atoms with Gasteiger partial charge in [-0.25, -0.2) is 8.42 Å². The highest BCUT2D eigenvalue weighted by Crippen LogP contribution is 2.23. The quantitative estimate of drug-likeness (QED) is 0.439. The summed E-state index contributed by atoms with van der Waals surface area (Å²) in [7, 11) is -2.42. The highest BCUT2D eigenvalue weighted by atomic mass is 32.2. The van der Waals surface area contributed by atoms with Gasteiger partial charge in [-0.2, -0.15) is 4.31 Å². The molecule has 4 rings (SSSR count). The zero-order valence-electron chi connectivity index (χ0n) is 17.4.